The largest absolute Gasteiger partial charge is 0.495 e. The molecule has 1 aromatic rings. The van der Waals surface area contributed by atoms with Crippen molar-refractivity contribution in [2.24, 2.45) is 0 Å². The highest BCUT2D eigenvalue weighted by Crippen LogP contribution is 2.44. The van der Waals surface area contributed by atoms with E-state index in [2.05, 4.69) is 0 Å². The summed E-state index contributed by atoms with van der Waals surface area (Å²) in [7, 11) is 1.58. The molecule has 2 aliphatic heterocycles. The van der Waals surface area contributed by atoms with Crippen molar-refractivity contribution in [3.63, 3.8) is 0 Å². The molecule has 0 N–H and O–H groups in total. The summed E-state index contributed by atoms with van der Waals surface area (Å²) in [6, 6.07) is 1.81. The molecule has 2 aliphatic rings. The second-order valence-corrected chi connectivity index (χ2v) is 4.41. The third kappa shape index (κ3) is 1.47. The summed E-state index contributed by atoms with van der Waals surface area (Å²) in [6.45, 7) is 2.53. The fraction of sp³-hybridized carbons (Fsp3) is 0.462. The van der Waals surface area contributed by atoms with Crippen LogP contribution in [0.4, 0.5) is 0 Å². The Morgan fingerprint density at radius 3 is 3.00 bits per heavy atom. The van der Waals surface area contributed by atoms with Gasteiger partial charge in [0.2, 0.25) is 0 Å². The van der Waals surface area contributed by atoms with E-state index in [1.54, 1.807) is 7.11 Å². The molecule has 0 saturated heterocycles. The van der Waals surface area contributed by atoms with Gasteiger partial charge < -0.3 is 14.2 Å². The Kier molecular flexibility index (Phi) is 2.24. The number of carbonyl (C=O) groups is 1. The molecule has 1 atom stereocenters. The van der Waals surface area contributed by atoms with Crippen molar-refractivity contribution in [1.29, 1.82) is 0 Å². The Labute approximate surface area is 99.5 Å². The zero-order valence-corrected chi connectivity index (χ0v) is 9.91. The number of hydrogen-bond donors (Lipinski definition) is 0. The van der Waals surface area contributed by atoms with E-state index in [0.29, 0.717) is 30.1 Å². The van der Waals surface area contributed by atoms with Crippen molar-refractivity contribution < 1.29 is 19.0 Å². The van der Waals surface area contributed by atoms with Gasteiger partial charge in [-0.3, -0.25) is 4.79 Å². The van der Waals surface area contributed by atoms with Gasteiger partial charge in [-0.05, 0) is 6.92 Å². The lowest BCUT2D eigenvalue weighted by atomic mass is 9.96. The number of ketones is 1. The molecular weight excluding hydrogens is 220 g/mol. The standard InChI is InChI=1S/C13H14O4/c1-7-5-9(14)12-11(17-7)6-10-8(3-4-16-10)13(12)15-2/h6-7H,3-5H2,1-2H3. The van der Waals surface area contributed by atoms with Gasteiger partial charge in [0.05, 0.1) is 13.7 Å². The average molecular weight is 234 g/mol. The molecule has 3 rings (SSSR count). The number of carbonyl (C=O) groups excluding carboxylic acids is 1. The first-order chi connectivity index (χ1) is 8.20. The average Bonchev–Trinajstić information content (AvgIpc) is 2.73. The summed E-state index contributed by atoms with van der Waals surface area (Å²) >= 11 is 0. The first-order valence-electron chi connectivity index (χ1n) is 5.77. The molecule has 0 spiro atoms. The van der Waals surface area contributed by atoms with Crippen LogP contribution in [0, 0.1) is 0 Å². The van der Waals surface area contributed by atoms with Crippen LogP contribution in [0.15, 0.2) is 6.07 Å². The Morgan fingerprint density at radius 2 is 2.24 bits per heavy atom. The monoisotopic (exact) mass is 234 g/mol. The predicted molar refractivity (Wildman–Crippen MR) is 61.2 cm³/mol. The second kappa shape index (κ2) is 3.65. The number of Topliss-reactive ketones (excluding diaryl/α,β-unsaturated/α-hetero) is 1. The van der Waals surface area contributed by atoms with Crippen LogP contribution >= 0.6 is 0 Å². The highest BCUT2D eigenvalue weighted by molar-refractivity contribution is 6.03. The van der Waals surface area contributed by atoms with Gasteiger partial charge in [-0.25, -0.2) is 0 Å². The van der Waals surface area contributed by atoms with Crippen LogP contribution in [-0.2, 0) is 6.42 Å². The summed E-state index contributed by atoms with van der Waals surface area (Å²) in [6.07, 6.45) is 1.11. The van der Waals surface area contributed by atoms with E-state index in [-0.39, 0.29) is 11.9 Å². The molecule has 0 fully saturated rings. The van der Waals surface area contributed by atoms with Gasteiger partial charge in [0, 0.05) is 24.5 Å². The van der Waals surface area contributed by atoms with E-state index in [9.17, 15) is 4.79 Å². The van der Waals surface area contributed by atoms with Crippen molar-refractivity contribution in [2.75, 3.05) is 13.7 Å². The van der Waals surface area contributed by atoms with Gasteiger partial charge in [-0.2, -0.15) is 0 Å². The first-order valence-corrected chi connectivity index (χ1v) is 5.77. The minimum absolute atomic E-state index is 0.0841. The molecule has 90 valence electrons. The van der Waals surface area contributed by atoms with Crippen molar-refractivity contribution in [3.05, 3.63) is 17.2 Å². The third-order valence-electron chi connectivity index (χ3n) is 3.20. The quantitative estimate of drug-likeness (QED) is 0.745. The highest BCUT2D eigenvalue weighted by atomic mass is 16.5. The summed E-state index contributed by atoms with van der Waals surface area (Å²) < 4.78 is 16.6. The molecule has 0 radical (unpaired) electrons. The fourth-order valence-electron chi connectivity index (χ4n) is 2.49. The molecule has 0 saturated carbocycles. The minimum Gasteiger partial charge on any atom is -0.495 e. The van der Waals surface area contributed by atoms with Gasteiger partial charge in [0.25, 0.3) is 0 Å². The van der Waals surface area contributed by atoms with Crippen molar-refractivity contribution in [3.8, 4) is 17.2 Å². The van der Waals surface area contributed by atoms with Gasteiger partial charge in [-0.1, -0.05) is 0 Å². The second-order valence-electron chi connectivity index (χ2n) is 4.41. The van der Waals surface area contributed by atoms with Crippen LogP contribution in [0.5, 0.6) is 17.2 Å². The molecular formula is C13H14O4. The normalized spacial score (nSPS) is 21.3. The molecule has 4 nitrogen and oxygen atoms in total. The lowest BCUT2D eigenvalue weighted by molar-refractivity contribution is 0.0865. The highest BCUT2D eigenvalue weighted by Gasteiger charge is 2.32. The smallest absolute Gasteiger partial charge is 0.174 e. The van der Waals surface area contributed by atoms with Crippen LogP contribution in [-0.4, -0.2) is 25.6 Å². The maximum Gasteiger partial charge on any atom is 0.174 e. The Morgan fingerprint density at radius 1 is 1.41 bits per heavy atom. The number of hydrogen-bond acceptors (Lipinski definition) is 4. The Hall–Kier alpha value is -1.71. The lowest BCUT2D eigenvalue weighted by Gasteiger charge is -2.24. The van der Waals surface area contributed by atoms with Gasteiger partial charge in [-0.15, -0.1) is 0 Å². The minimum atomic E-state index is -0.0841. The summed E-state index contributed by atoms with van der Waals surface area (Å²) in [5.74, 6) is 2.09. The van der Waals surface area contributed by atoms with Gasteiger partial charge in [0.15, 0.2) is 5.78 Å². The maximum atomic E-state index is 12.1. The molecule has 1 unspecified atom stereocenters. The maximum absolute atomic E-state index is 12.1. The predicted octanol–water partition coefficient (Wildman–Crippen LogP) is 1.98. The molecule has 1 aromatic carbocycles. The van der Waals surface area contributed by atoms with Gasteiger partial charge in [0.1, 0.15) is 28.9 Å². The molecule has 0 bridgehead atoms. The van der Waals surface area contributed by atoms with Gasteiger partial charge >= 0.3 is 0 Å². The van der Waals surface area contributed by atoms with E-state index >= 15 is 0 Å². The van der Waals surface area contributed by atoms with E-state index < -0.39 is 0 Å². The molecule has 2 heterocycles. The fourth-order valence-corrected chi connectivity index (χ4v) is 2.49. The Bertz CT molecular complexity index is 493. The van der Waals surface area contributed by atoms with E-state index in [0.717, 1.165) is 17.7 Å². The summed E-state index contributed by atoms with van der Waals surface area (Å²) in [5.41, 5.74) is 1.56. The summed E-state index contributed by atoms with van der Waals surface area (Å²) in [4.78, 5) is 12.1. The van der Waals surface area contributed by atoms with E-state index in [4.69, 9.17) is 14.2 Å². The number of methoxy groups -OCH3 is 1. The van der Waals surface area contributed by atoms with Crippen molar-refractivity contribution >= 4 is 5.78 Å². The van der Waals surface area contributed by atoms with Crippen LogP contribution in [0.1, 0.15) is 29.3 Å². The molecule has 0 aliphatic carbocycles. The number of fused-ring (bicyclic) bond motifs is 2. The molecule has 0 amide bonds. The van der Waals surface area contributed by atoms with E-state index in [1.165, 1.54) is 0 Å². The topological polar surface area (TPSA) is 44.8 Å². The molecule has 4 heteroatoms. The van der Waals surface area contributed by atoms with Crippen molar-refractivity contribution in [1.82, 2.24) is 0 Å². The number of benzene rings is 1. The zero-order valence-electron chi connectivity index (χ0n) is 9.91. The van der Waals surface area contributed by atoms with Crippen LogP contribution < -0.4 is 14.2 Å². The first kappa shape index (κ1) is 10.4. The molecule has 0 aromatic heterocycles. The van der Waals surface area contributed by atoms with E-state index in [1.807, 2.05) is 13.0 Å². The van der Waals surface area contributed by atoms with Crippen LogP contribution in [0.2, 0.25) is 0 Å². The number of ether oxygens (including phenoxy) is 3. The molecule has 17 heavy (non-hydrogen) atoms. The Balaban J connectivity index is 2.23. The van der Waals surface area contributed by atoms with Crippen LogP contribution in [0.3, 0.4) is 0 Å². The summed E-state index contributed by atoms with van der Waals surface area (Å²) in [5, 5.41) is 0. The third-order valence-corrected chi connectivity index (χ3v) is 3.20. The van der Waals surface area contributed by atoms with Crippen LogP contribution in [0.25, 0.3) is 0 Å². The SMILES string of the molecule is COc1c2c(cc3c1C(=O)CC(C)O3)OCC2. The lowest BCUT2D eigenvalue weighted by Crippen LogP contribution is -2.24. The zero-order chi connectivity index (χ0) is 12.0. The van der Waals surface area contributed by atoms with Crippen molar-refractivity contribution in [2.45, 2.75) is 25.9 Å². The number of rotatable bonds is 1.